The smallest absolute Gasteiger partial charge is 0.446 e. The van der Waals surface area contributed by atoms with E-state index in [4.69, 9.17) is 15.0 Å². The SMILES string of the molecule is CCCCCOc1ccc(-c2cc(-c3ccc(C(=O)N[C@H]4C[C@@H](O)[C@H](O)NC(=O)[C@@H]5[C@@H](O)[C@@H](C)CN5C(=O)[C@H]([C@H](O)CC(N)=O)CC(=O)[C@H]([C@H](O)[C@@H](O)c5ccc(O)c(OS(=O)(=O)O)c5)NC(=O)[C@@H]5C[C@@H](O)CN5C(=O)[C@H]([C@@H](C)O)NC4=O)cc3)no2)cc1. The number of aromatic hydroxyl groups is 1. The number of carbonyl (C=O) groups excluding carboxylic acids is 8. The Bertz CT molecular complexity index is 3330. The molecule has 31 nitrogen and oxygen atoms in total. The summed E-state index contributed by atoms with van der Waals surface area (Å²) in [6, 6.07) is 6.23. The molecule has 0 bridgehead atoms. The Balaban J connectivity index is 1.22. The second kappa shape index (κ2) is 29.4. The van der Waals surface area contributed by atoms with Crippen LogP contribution in [0.5, 0.6) is 17.2 Å². The van der Waals surface area contributed by atoms with Gasteiger partial charge in [0.1, 0.15) is 60.0 Å². The molecule has 1 aromatic heterocycles. The highest BCUT2D eigenvalue weighted by Crippen LogP contribution is 2.35. The highest BCUT2D eigenvalue weighted by atomic mass is 32.3. The molecule has 3 fully saturated rings. The van der Waals surface area contributed by atoms with Crippen LogP contribution in [-0.2, 0) is 44.0 Å². The van der Waals surface area contributed by atoms with Crippen molar-refractivity contribution in [3.8, 4) is 39.8 Å². The number of nitrogens with two attached hydrogens (primary N) is 1. The molecule has 0 unspecified atom stereocenters. The Hall–Kier alpha value is -8.18. The molecule has 0 saturated carbocycles. The number of rotatable bonds is 18. The molecule has 89 heavy (non-hydrogen) atoms. The van der Waals surface area contributed by atoms with Gasteiger partial charge in [0.15, 0.2) is 29.3 Å². The monoisotopic (exact) mass is 1270 g/mol. The summed E-state index contributed by atoms with van der Waals surface area (Å²) < 4.78 is 48.1. The van der Waals surface area contributed by atoms with E-state index in [1.165, 1.54) is 31.2 Å². The molecule has 16 N–H and O–H groups in total. The number of hydrogen-bond acceptors (Lipinski definition) is 23. The lowest BCUT2D eigenvalue weighted by Crippen LogP contribution is -2.61. The predicted molar refractivity (Wildman–Crippen MR) is 305 cm³/mol. The van der Waals surface area contributed by atoms with Crippen LogP contribution in [-0.4, -0.2) is 214 Å². The van der Waals surface area contributed by atoms with Gasteiger partial charge in [-0.1, -0.05) is 50.0 Å². The molecule has 4 heterocycles. The van der Waals surface area contributed by atoms with E-state index in [0.29, 0.717) is 50.8 Å². The van der Waals surface area contributed by atoms with Gasteiger partial charge in [-0.2, -0.15) is 8.42 Å². The molecule has 3 aliphatic heterocycles. The van der Waals surface area contributed by atoms with E-state index in [9.17, 15) is 97.3 Å². The summed E-state index contributed by atoms with van der Waals surface area (Å²) in [6.45, 7) is 3.82. The van der Waals surface area contributed by atoms with Gasteiger partial charge >= 0.3 is 10.4 Å². The number of nitrogens with zero attached hydrogens (tertiary/aromatic N) is 3. The van der Waals surface area contributed by atoms with Gasteiger partial charge in [-0.15, -0.1) is 0 Å². The first-order valence-corrected chi connectivity index (χ1v) is 29.7. The molecule has 3 aliphatic rings. The number of amides is 7. The van der Waals surface area contributed by atoms with Crippen molar-refractivity contribution in [1.82, 2.24) is 36.2 Å². The van der Waals surface area contributed by atoms with Gasteiger partial charge in [-0.25, -0.2) is 0 Å². The number of benzene rings is 3. The topological polar surface area (TPSA) is 498 Å². The van der Waals surface area contributed by atoms with E-state index >= 15 is 0 Å². The maximum Gasteiger partial charge on any atom is 0.446 e. The average Bonchev–Trinajstić information content (AvgIpc) is 2.76. The number of unbranched alkanes of at least 4 members (excludes halogenated alkanes) is 2. The van der Waals surface area contributed by atoms with E-state index in [1.54, 1.807) is 30.3 Å². The summed E-state index contributed by atoms with van der Waals surface area (Å²) in [4.78, 5) is 115. The van der Waals surface area contributed by atoms with Crippen LogP contribution in [0, 0.1) is 11.8 Å². The fraction of sp³-hybridized carbons (Fsp3) is 0.491. The lowest BCUT2D eigenvalue weighted by atomic mass is 9.86. The Morgan fingerprint density at radius 3 is 2.12 bits per heavy atom. The molecule has 0 spiro atoms. The van der Waals surface area contributed by atoms with Gasteiger partial charge in [0.2, 0.25) is 35.4 Å². The summed E-state index contributed by atoms with van der Waals surface area (Å²) in [5.41, 5.74) is 6.24. The Morgan fingerprint density at radius 2 is 1.48 bits per heavy atom. The van der Waals surface area contributed by atoms with Crippen LogP contribution < -0.4 is 35.9 Å². The first-order chi connectivity index (χ1) is 42.0. The number of hydrogen-bond donors (Lipinski definition) is 15. The van der Waals surface area contributed by atoms with Crippen molar-refractivity contribution in [3.05, 3.63) is 83.9 Å². The summed E-state index contributed by atoms with van der Waals surface area (Å²) >= 11 is 0. The third-order valence-corrected chi connectivity index (χ3v) is 15.9. The zero-order valence-electron chi connectivity index (χ0n) is 48.3. The zero-order valence-corrected chi connectivity index (χ0v) is 49.1. The summed E-state index contributed by atoms with van der Waals surface area (Å²) in [6.07, 6.45) is -18.2. The van der Waals surface area contributed by atoms with Crippen molar-refractivity contribution < 1.29 is 111 Å². The third kappa shape index (κ3) is 17.0. The van der Waals surface area contributed by atoms with Crippen LogP contribution in [0.2, 0.25) is 0 Å². The van der Waals surface area contributed by atoms with Crippen LogP contribution in [0.1, 0.15) is 87.7 Å². The Kier molecular flexibility index (Phi) is 22.6. The van der Waals surface area contributed by atoms with Gasteiger partial charge in [-0.3, -0.25) is 42.9 Å². The molecule has 3 aromatic carbocycles. The first kappa shape index (κ1) is 68.3. The fourth-order valence-corrected chi connectivity index (χ4v) is 11.0. The maximum atomic E-state index is 14.7. The highest BCUT2D eigenvalue weighted by Gasteiger charge is 2.51. The number of fused-ring (bicyclic) bond motifs is 2. The van der Waals surface area contributed by atoms with E-state index in [1.807, 2.05) is 5.32 Å². The number of aromatic nitrogens is 1. The van der Waals surface area contributed by atoms with E-state index in [2.05, 4.69) is 32.2 Å². The average molecular weight is 1270 g/mol. The Labute approximate surface area is 508 Å². The van der Waals surface area contributed by atoms with Gasteiger partial charge in [0.25, 0.3) is 5.91 Å². The van der Waals surface area contributed by atoms with Crippen molar-refractivity contribution in [3.63, 3.8) is 0 Å². The van der Waals surface area contributed by atoms with E-state index in [0.717, 1.165) is 38.3 Å². The second-order valence-electron chi connectivity index (χ2n) is 22.2. The number of nitrogens with one attached hydrogen (secondary N) is 4. The molecule has 7 amide bonds. The number of ketones is 1. The van der Waals surface area contributed by atoms with Crippen molar-refractivity contribution in [2.24, 2.45) is 17.6 Å². The van der Waals surface area contributed by atoms with Gasteiger partial charge < -0.3 is 96.2 Å². The highest BCUT2D eigenvalue weighted by molar-refractivity contribution is 7.81. The number of phenols is 1. The fourth-order valence-electron chi connectivity index (χ4n) is 10.6. The maximum absolute atomic E-state index is 14.7. The van der Waals surface area contributed by atoms with Gasteiger partial charge in [0, 0.05) is 61.0 Å². The number of aliphatic hydroxyl groups is 8. The van der Waals surface area contributed by atoms with Crippen molar-refractivity contribution in [1.29, 1.82) is 0 Å². The quantitative estimate of drug-likeness (QED) is 0.0353. The van der Waals surface area contributed by atoms with E-state index in [-0.39, 0.29) is 5.56 Å². The van der Waals surface area contributed by atoms with Crippen molar-refractivity contribution in [2.75, 3.05) is 19.7 Å². The lowest BCUT2D eigenvalue weighted by Gasteiger charge is -2.34. The molecule has 15 atom stereocenters. The molecule has 0 radical (unpaired) electrons. The number of carbonyl (C=O) groups is 8. The number of primary amides is 1. The number of ether oxygens (including phenoxy) is 1. The zero-order chi connectivity index (χ0) is 65.3. The number of Topliss-reactive ketones (excluding diaryl/α,β-unsaturated/α-hetero) is 1. The molecule has 4 aromatic rings. The van der Waals surface area contributed by atoms with Gasteiger partial charge in [-0.05, 0) is 67.4 Å². The largest absolute Gasteiger partial charge is 0.504 e. The summed E-state index contributed by atoms with van der Waals surface area (Å²) in [5.74, 6) is -14.5. The second-order valence-corrected chi connectivity index (χ2v) is 23.2. The molecule has 0 aliphatic carbocycles. The molecular formula is C57H72N8O23S. The van der Waals surface area contributed by atoms with Crippen LogP contribution in [0.4, 0.5) is 0 Å². The van der Waals surface area contributed by atoms with Crippen LogP contribution in [0.3, 0.4) is 0 Å². The molecule has 32 heteroatoms. The summed E-state index contributed by atoms with van der Waals surface area (Å²) in [7, 11) is -5.34. The lowest BCUT2D eigenvalue weighted by molar-refractivity contribution is -0.151. The molecule has 484 valence electrons. The van der Waals surface area contributed by atoms with Crippen LogP contribution in [0.15, 0.2) is 77.3 Å². The molecule has 3 saturated heterocycles. The van der Waals surface area contributed by atoms with Crippen molar-refractivity contribution in [2.45, 2.75) is 145 Å². The van der Waals surface area contributed by atoms with Crippen LogP contribution in [0.25, 0.3) is 22.6 Å². The van der Waals surface area contributed by atoms with Crippen molar-refractivity contribution >= 4 is 57.5 Å². The number of aliphatic hydroxyl groups excluding tert-OH is 8. The minimum Gasteiger partial charge on any atom is -0.504 e. The first-order valence-electron chi connectivity index (χ1n) is 28.3. The molecular weight excluding hydrogens is 1200 g/mol. The van der Waals surface area contributed by atoms with E-state index < -0.39 is 204 Å². The third-order valence-electron chi connectivity index (χ3n) is 15.5. The normalized spacial score (nSPS) is 26.5. The van der Waals surface area contributed by atoms with Crippen LogP contribution >= 0.6 is 0 Å². The predicted octanol–water partition coefficient (Wildman–Crippen LogP) is -2.81. The minimum absolute atomic E-state index is 0.102. The van der Waals surface area contributed by atoms with Gasteiger partial charge in [0.05, 0.1) is 43.4 Å². The standard InChI is InChI=1S/C57H72N8O23S/c1-4-5-6-17-86-33-14-11-29(12-15-33)42-22-35(63-87-42)28-7-9-30(10-8-28)51(76)59-36-21-41(71)54(79)62-55(80)47-48(73)26(2)24-65(47)56(81)34(39(69)23-44(58)72)20-40(70)46(50(75)49(74)31-13-16-38(68)43(18-31)88-89(83,84)85)61-53(78)37-19-32(67)25-64(37)57(82)45(27(3)66)60-52(36)77/h7-16,18,22,26-27,32,34,36-37,39,41,45-50,54,66-69,71,73-75,79H,4-6,17,19-21,23-25H2,1-3H3,(H2,58,72)(H,59,76)(H,60,77)(H,61,78)(H,62,80)(H,83,84,85)/t26-,27+,32+,34-,36-,37-,39+,41+,45-,46+,47-,48-,49-,50-,54-/m0/s1. The number of phenolic OH excluding ortho intramolecular Hbond substituents is 1. The molecule has 7 rings (SSSR count). The summed E-state index contributed by atoms with van der Waals surface area (Å²) in [5, 5.41) is 114. The minimum atomic E-state index is -5.34. The Morgan fingerprint density at radius 1 is 0.820 bits per heavy atom.